The highest BCUT2D eigenvalue weighted by atomic mass is 16.5. The number of hydrogen-bond donors (Lipinski definition) is 0. The van der Waals surface area contributed by atoms with E-state index in [0.29, 0.717) is 5.92 Å². The van der Waals surface area contributed by atoms with Crippen molar-refractivity contribution in [2.75, 3.05) is 4.90 Å². The van der Waals surface area contributed by atoms with Gasteiger partial charge in [-0.2, -0.15) is 0 Å². The molecule has 29 heavy (non-hydrogen) atoms. The molecule has 4 aromatic rings. The zero-order valence-corrected chi connectivity index (χ0v) is 16.5. The van der Waals surface area contributed by atoms with Crippen molar-refractivity contribution in [1.29, 1.82) is 0 Å². The second kappa shape index (κ2) is 7.10. The van der Waals surface area contributed by atoms with Crippen LogP contribution in [0.25, 0.3) is 11.3 Å². The lowest BCUT2D eigenvalue weighted by atomic mass is 10.0. The van der Waals surface area contributed by atoms with Gasteiger partial charge >= 0.3 is 0 Å². The molecule has 2 heterocycles. The van der Waals surface area contributed by atoms with Gasteiger partial charge in [0.05, 0.1) is 17.1 Å². The first-order valence-corrected chi connectivity index (χ1v) is 9.94. The Hall–Kier alpha value is -3.59. The van der Waals surface area contributed by atoms with Crippen LogP contribution in [-0.4, -0.2) is 4.98 Å². The van der Waals surface area contributed by atoms with Crippen LogP contribution in [0.1, 0.15) is 25.3 Å². The Bertz CT molecular complexity index is 1150. The van der Waals surface area contributed by atoms with Gasteiger partial charge in [0.2, 0.25) is 0 Å². The molecule has 0 saturated heterocycles. The summed E-state index contributed by atoms with van der Waals surface area (Å²) in [5, 5.41) is 0. The summed E-state index contributed by atoms with van der Waals surface area (Å²) in [7, 11) is 0. The van der Waals surface area contributed by atoms with E-state index in [4.69, 9.17) is 4.74 Å². The number of anilines is 3. The number of rotatable bonds is 3. The van der Waals surface area contributed by atoms with E-state index in [1.165, 1.54) is 5.56 Å². The van der Waals surface area contributed by atoms with E-state index in [9.17, 15) is 0 Å². The number of aromatic nitrogens is 1. The standard InChI is InChI=1S/C26H22N2O/c1-18(2)19-13-15-20(16-14-19)28-23-10-3-4-12-25(23)29-26-21(8-7-11-24(26)28)22-9-5-6-17-27-22/h3-18H,1-2H3. The minimum Gasteiger partial charge on any atom is -0.452 e. The van der Waals surface area contributed by atoms with Crippen LogP contribution in [0.4, 0.5) is 17.1 Å². The zero-order valence-electron chi connectivity index (χ0n) is 16.5. The molecule has 3 heteroatoms. The normalized spacial score (nSPS) is 12.3. The lowest BCUT2D eigenvalue weighted by molar-refractivity contribution is 0.478. The summed E-state index contributed by atoms with van der Waals surface area (Å²) in [5.74, 6) is 2.18. The molecule has 0 amide bonds. The summed E-state index contributed by atoms with van der Waals surface area (Å²) < 4.78 is 6.40. The zero-order chi connectivity index (χ0) is 19.8. The highest BCUT2D eigenvalue weighted by molar-refractivity contribution is 5.90. The first kappa shape index (κ1) is 17.5. The van der Waals surface area contributed by atoms with Crippen molar-refractivity contribution in [2.45, 2.75) is 19.8 Å². The van der Waals surface area contributed by atoms with E-state index in [1.807, 2.05) is 42.6 Å². The molecule has 0 N–H and O–H groups in total. The number of hydrogen-bond acceptors (Lipinski definition) is 3. The number of benzene rings is 3. The molecule has 0 spiro atoms. The Morgan fingerprint density at radius 1 is 0.759 bits per heavy atom. The maximum absolute atomic E-state index is 6.40. The second-order valence-electron chi connectivity index (χ2n) is 7.52. The quantitative estimate of drug-likeness (QED) is 0.326. The molecule has 0 atom stereocenters. The first-order chi connectivity index (χ1) is 14.2. The Balaban J connectivity index is 1.71. The number of para-hydroxylation sites is 3. The average Bonchev–Trinajstić information content (AvgIpc) is 2.77. The summed E-state index contributed by atoms with van der Waals surface area (Å²) in [6.45, 7) is 4.43. The molecule has 1 aliphatic heterocycles. The van der Waals surface area contributed by atoms with Crippen molar-refractivity contribution in [1.82, 2.24) is 4.98 Å². The summed E-state index contributed by atoms with van der Waals surface area (Å²) in [6.07, 6.45) is 1.81. The smallest absolute Gasteiger partial charge is 0.160 e. The molecule has 3 nitrogen and oxygen atoms in total. The lowest BCUT2D eigenvalue weighted by Gasteiger charge is -2.34. The third kappa shape index (κ3) is 3.05. The monoisotopic (exact) mass is 378 g/mol. The highest BCUT2D eigenvalue weighted by Gasteiger charge is 2.28. The molecule has 0 unspecified atom stereocenters. The van der Waals surface area contributed by atoms with Crippen LogP contribution in [-0.2, 0) is 0 Å². The Morgan fingerprint density at radius 3 is 2.28 bits per heavy atom. The van der Waals surface area contributed by atoms with E-state index in [0.717, 1.165) is 39.8 Å². The van der Waals surface area contributed by atoms with Crippen LogP contribution in [0.5, 0.6) is 11.5 Å². The molecule has 0 aliphatic carbocycles. The van der Waals surface area contributed by atoms with Crippen LogP contribution in [0.3, 0.4) is 0 Å². The summed E-state index contributed by atoms with van der Waals surface area (Å²) in [4.78, 5) is 6.81. The molecular formula is C26H22N2O. The van der Waals surface area contributed by atoms with Gasteiger partial charge in [-0.3, -0.25) is 4.98 Å². The number of ether oxygens (including phenoxy) is 1. The Kier molecular flexibility index (Phi) is 4.28. The lowest BCUT2D eigenvalue weighted by Crippen LogP contribution is -2.16. The van der Waals surface area contributed by atoms with Crippen LogP contribution in [0, 0.1) is 0 Å². The van der Waals surface area contributed by atoms with Gasteiger partial charge in [-0.15, -0.1) is 0 Å². The third-order valence-electron chi connectivity index (χ3n) is 5.31. The molecule has 0 radical (unpaired) electrons. The Morgan fingerprint density at radius 2 is 1.52 bits per heavy atom. The minimum absolute atomic E-state index is 0.504. The fourth-order valence-electron chi connectivity index (χ4n) is 3.79. The molecule has 0 saturated carbocycles. The van der Waals surface area contributed by atoms with Gasteiger partial charge < -0.3 is 9.64 Å². The van der Waals surface area contributed by atoms with Crippen molar-refractivity contribution >= 4 is 17.1 Å². The summed E-state index contributed by atoms with van der Waals surface area (Å²) >= 11 is 0. The molecule has 0 fully saturated rings. The molecule has 142 valence electrons. The van der Waals surface area contributed by atoms with E-state index < -0.39 is 0 Å². The van der Waals surface area contributed by atoms with Crippen LogP contribution >= 0.6 is 0 Å². The van der Waals surface area contributed by atoms with Gasteiger partial charge in [0.1, 0.15) is 0 Å². The van der Waals surface area contributed by atoms with Crippen LogP contribution in [0.2, 0.25) is 0 Å². The third-order valence-corrected chi connectivity index (χ3v) is 5.31. The SMILES string of the molecule is CC(C)c1ccc(N2c3ccccc3Oc3c(-c4ccccn4)cccc32)cc1. The van der Waals surface area contributed by atoms with Gasteiger partial charge in [0, 0.05) is 17.4 Å². The maximum Gasteiger partial charge on any atom is 0.160 e. The van der Waals surface area contributed by atoms with Gasteiger partial charge in [-0.25, -0.2) is 0 Å². The first-order valence-electron chi connectivity index (χ1n) is 9.94. The van der Waals surface area contributed by atoms with Crippen molar-refractivity contribution in [3.63, 3.8) is 0 Å². The molecular weight excluding hydrogens is 356 g/mol. The van der Waals surface area contributed by atoms with E-state index in [-0.39, 0.29) is 0 Å². The van der Waals surface area contributed by atoms with Gasteiger partial charge in [-0.05, 0) is 60.0 Å². The summed E-state index contributed by atoms with van der Waals surface area (Å²) in [5.41, 5.74) is 6.39. The van der Waals surface area contributed by atoms with Crippen molar-refractivity contribution in [3.05, 3.63) is 96.7 Å². The van der Waals surface area contributed by atoms with Crippen molar-refractivity contribution < 1.29 is 4.74 Å². The predicted octanol–water partition coefficient (Wildman–Crippen LogP) is 7.45. The molecule has 0 bridgehead atoms. The second-order valence-corrected chi connectivity index (χ2v) is 7.52. The Labute approximate surface area is 171 Å². The largest absolute Gasteiger partial charge is 0.452 e. The molecule has 5 rings (SSSR count). The number of nitrogens with zero attached hydrogens (tertiary/aromatic N) is 2. The van der Waals surface area contributed by atoms with Crippen LogP contribution < -0.4 is 9.64 Å². The summed E-state index contributed by atoms with van der Waals surface area (Å²) in [6, 6.07) is 29.1. The minimum atomic E-state index is 0.504. The average molecular weight is 378 g/mol. The van der Waals surface area contributed by atoms with Gasteiger partial charge in [0.15, 0.2) is 11.5 Å². The fourth-order valence-corrected chi connectivity index (χ4v) is 3.79. The van der Waals surface area contributed by atoms with E-state index in [2.05, 4.69) is 72.3 Å². The molecule has 3 aromatic carbocycles. The predicted molar refractivity (Wildman–Crippen MR) is 119 cm³/mol. The molecule has 1 aliphatic rings. The highest BCUT2D eigenvalue weighted by Crippen LogP contribution is 2.53. The fraction of sp³-hybridized carbons (Fsp3) is 0.115. The van der Waals surface area contributed by atoms with Crippen molar-refractivity contribution in [3.8, 4) is 22.8 Å². The van der Waals surface area contributed by atoms with Gasteiger partial charge in [-0.1, -0.05) is 50.2 Å². The van der Waals surface area contributed by atoms with Gasteiger partial charge in [0.25, 0.3) is 0 Å². The number of pyridine rings is 1. The van der Waals surface area contributed by atoms with Crippen molar-refractivity contribution in [2.24, 2.45) is 0 Å². The topological polar surface area (TPSA) is 25.4 Å². The van der Waals surface area contributed by atoms with E-state index >= 15 is 0 Å². The molecule has 1 aromatic heterocycles. The maximum atomic E-state index is 6.40. The van der Waals surface area contributed by atoms with Crippen LogP contribution in [0.15, 0.2) is 91.1 Å². The van der Waals surface area contributed by atoms with E-state index in [1.54, 1.807) is 0 Å². The number of fused-ring (bicyclic) bond motifs is 2.